The lowest BCUT2D eigenvalue weighted by Crippen LogP contribution is -2.14. The zero-order valence-corrected chi connectivity index (χ0v) is 10.6. The largest absolute Gasteiger partial charge is 0.416 e. The monoisotopic (exact) mass is 305 g/mol. The van der Waals surface area contributed by atoms with Crippen molar-refractivity contribution in [1.82, 2.24) is 4.98 Å². The van der Waals surface area contributed by atoms with Crippen molar-refractivity contribution in [2.45, 2.75) is 12.3 Å². The number of aromatic nitrogens is 1. The summed E-state index contributed by atoms with van der Waals surface area (Å²) in [5.74, 6) is -0.887. The van der Waals surface area contributed by atoms with Gasteiger partial charge in [-0.3, -0.25) is 4.98 Å². The van der Waals surface area contributed by atoms with Gasteiger partial charge < -0.3 is 5.11 Å². The van der Waals surface area contributed by atoms with Crippen LogP contribution in [0.25, 0.3) is 0 Å². The van der Waals surface area contributed by atoms with E-state index < -0.39 is 29.2 Å². The van der Waals surface area contributed by atoms with Crippen LogP contribution in [0.4, 0.5) is 17.6 Å². The fourth-order valence-electron chi connectivity index (χ4n) is 1.77. The molecule has 0 aliphatic heterocycles. The van der Waals surface area contributed by atoms with Crippen molar-refractivity contribution < 1.29 is 22.7 Å². The number of alkyl halides is 3. The van der Waals surface area contributed by atoms with Gasteiger partial charge in [0.15, 0.2) is 0 Å². The molecule has 0 spiro atoms. The first-order valence-electron chi connectivity index (χ1n) is 5.45. The van der Waals surface area contributed by atoms with Gasteiger partial charge in [-0.15, -0.1) is 0 Å². The van der Waals surface area contributed by atoms with E-state index in [2.05, 4.69) is 4.98 Å². The first-order chi connectivity index (χ1) is 9.30. The summed E-state index contributed by atoms with van der Waals surface area (Å²) in [5, 5.41) is 10.1. The quantitative estimate of drug-likeness (QED) is 0.852. The third kappa shape index (κ3) is 2.91. The molecule has 1 aromatic carbocycles. The molecule has 0 amide bonds. The minimum absolute atomic E-state index is 0.0840. The second-order valence-electron chi connectivity index (χ2n) is 4.03. The zero-order valence-electron chi connectivity index (χ0n) is 9.83. The highest BCUT2D eigenvalue weighted by Crippen LogP contribution is 2.36. The molecule has 1 aromatic heterocycles. The summed E-state index contributed by atoms with van der Waals surface area (Å²) in [4.78, 5) is 3.54. The minimum Gasteiger partial charge on any atom is -0.383 e. The SMILES string of the molecule is OC(c1ccc(Cl)cc1F)c1cnccc1C(F)(F)F. The smallest absolute Gasteiger partial charge is 0.383 e. The first-order valence-corrected chi connectivity index (χ1v) is 5.82. The molecule has 0 aliphatic carbocycles. The van der Waals surface area contributed by atoms with Gasteiger partial charge in [0.05, 0.1) is 5.56 Å². The molecule has 1 N–H and O–H groups in total. The van der Waals surface area contributed by atoms with Crippen LogP contribution < -0.4 is 0 Å². The predicted molar refractivity (Wildman–Crippen MR) is 64.7 cm³/mol. The van der Waals surface area contributed by atoms with E-state index >= 15 is 0 Å². The summed E-state index contributed by atoms with van der Waals surface area (Å²) in [5.41, 5.74) is -1.87. The predicted octanol–water partition coefficient (Wildman–Crippen LogP) is 3.97. The van der Waals surface area contributed by atoms with E-state index in [4.69, 9.17) is 11.6 Å². The van der Waals surface area contributed by atoms with Crippen LogP contribution in [-0.2, 0) is 6.18 Å². The van der Waals surface area contributed by atoms with Crippen LogP contribution in [0.1, 0.15) is 22.8 Å². The van der Waals surface area contributed by atoms with Crippen LogP contribution in [0, 0.1) is 5.82 Å². The molecule has 20 heavy (non-hydrogen) atoms. The number of halogens is 5. The highest BCUT2D eigenvalue weighted by molar-refractivity contribution is 6.30. The van der Waals surface area contributed by atoms with Crippen LogP contribution in [0.15, 0.2) is 36.7 Å². The van der Waals surface area contributed by atoms with Gasteiger partial charge in [-0.1, -0.05) is 17.7 Å². The summed E-state index contributed by atoms with van der Waals surface area (Å²) in [6, 6.07) is 4.07. The Morgan fingerprint density at radius 3 is 2.45 bits per heavy atom. The van der Waals surface area contributed by atoms with Crippen LogP contribution in [0.2, 0.25) is 5.02 Å². The topological polar surface area (TPSA) is 33.1 Å². The van der Waals surface area contributed by atoms with Crippen molar-refractivity contribution in [2.75, 3.05) is 0 Å². The summed E-state index contributed by atoms with van der Waals surface area (Å²) in [6.07, 6.45) is -4.63. The zero-order chi connectivity index (χ0) is 14.9. The van der Waals surface area contributed by atoms with Crippen molar-refractivity contribution in [3.8, 4) is 0 Å². The molecule has 0 saturated heterocycles. The highest BCUT2D eigenvalue weighted by Gasteiger charge is 2.35. The van der Waals surface area contributed by atoms with E-state index in [0.717, 1.165) is 30.6 Å². The second-order valence-corrected chi connectivity index (χ2v) is 4.47. The highest BCUT2D eigenvalue weighted by atomic mass is 35.5. The Bertz CT molecular complexity index is 630. The lowest BCUT2D eigenvalue weighted by Gasteiger charge is -2.17. The second kappa shape index (κ2) is 5.38. The molecule has 1 atom stereocenters. The molecule has 0 saturated carbocycles. The fraction of sp³-hybridized carbons (Fsp3) is 0.154. The first kappa shape index (κ1) is 14.7. The van der Waals surface area contributed by atoms with E-state index in [1.165, 1.54) is 6.07 Å². The van der Waals surface area contributed by atoms with Gasteiger partial charge in [0.1, 0.15) is 11.9 Å². The molecule has 2 aromatic rings. The molecule has 2 rings (SSSR count). The lowest BCUT2D eigenvalue weighted by atomic mass is 9.98. The number of hydrogen-bond donors (Lipinski definition) is 1. The number of rotatable bonds is 2. The van der Waals surface area contributed by atoms with E-state index in [0.29, 0.717) is 0 Å². The van der Waals surface area contributed by atoms with Crippen LogP contribution in [-0.4, -0.2) is 10.1 Å². The number of aliphatic hydroxyl groups is 1. The number of aliphatic hydroxyl groups excluding tert-OH is 1. The average molecular weight is 306 g/mol. The molecular weight excluding hydrogens is 298 g/mol. The number of benzene rings is 1. The van der Waals surface area contributed by atoms with E-state index in [9.17, 15) is 22.7 Å². The van der Waals surface area contributed by atoms with Crippen molar-refractivity contribution in [1.29, 1.82) is 0 Å². The molecule has 0 radical (unpaired) electrons. The Balaban J connectivity index is 2.51. The molecular formula is C13H8ClF4NO. The van der Waals surface area contributed by atoms with Crippen LogP contribution in [0.5, 0.6) is 0 Å². The van der Waals surface area contributed by atoms with Gasteiger partial charge in [-0.25, -0.2) is 4.39 Å². The standard InChI is InChI=1S/C13H8ClF4NO/c14-7-1-2-8(11(15)5-7)12(20)9-6-19-4-3-10(9)13(16,17)18/h1-6,12,20H. The van der Waals surface area contributed by atoms with Crippen LogP contribution >= 0.6 is 11.6 Å². The summed E-state index contributed by atoms with van der Waals surface area (Å²) in [6.45, 7) is 0. The summed E-state index contributed by atoms with van der Waals surface area (Å²) < 4.78 is 52.2. The Morgan fingerprint density at radius 2 is 1.85 bits per heavy atom. The van der Waals surface area contributed by atoms with E-state index in [1.807, 2.05) is 0 Å². The third-order valence-electron chi connectivity index (χ3n) is 2.71. The Morgan fingerprint density at radius 1 is 1.15 bits per heavy atom. The summed E-state index contributed by atoms with van der Waals surface area (Å²) >= 11 is 5.56. The fourth-order valence-corrected chi connectivity index (χ4v) is 1.93. The maximum Gasteiger partial charge on any atom is 0.416 e. The Labute approximate surface area is 116 Å². The molecule has 0 aliphatic rings. The summed E-state index contributed by atoms with van der Waals surface area (Å²) in [7, 11) is 0. The molecule has 106 valence electrons. The Kier molecular flexibility index (Phi) is 3.96. The van der Waals surface area contributed by atoms with Crippen molar-refractivity contribution in [3.05, 3.63) is 64.2 Å². The maximum absolute atomic E-state index is 13.7. The van der Waals surface area contributed by atoms with Gasteiger partial charge in [-0.2, -0.15) is 13.2 Å². The van der Waals surface area contributed by atoms with Crippen LogP contribution in [0.3, 0.4) is 0 Å². The van der Waals surface area contributed by atoms with Gasteiger partial charge in [0, 0.05) is 28.5 Å². The van der Waals surface area contributed by atoms with E-state index in [1.54, 1.807) is 0 Å². The minimum atomic E-state index is -4.66. The normalized spacial score (nSPS) is 13.3. The average Bonchev–Trinajstić information content (AvgIpc) is 2.37. The lowest BCUT2D eigenvalue weighted by molar-refractivity contribution is -0.139. The van der Waals surface area contributed by atoms with Gasteiger partial charge in [0.25, 0.3) is 0 Å². The van der Waals surface area contributed by atoms with E-state index in [-0.39, 0.29) is 10.6 Å². The molecule has 1 unspecified atom stereocenters. The molecule has 2 nitrogen and oxygen atoms in total. The number of nitrogens with zero attached hydrogens (tertiary/aromatic N) is 1. The molecule has 0 bridgehead atoms. The van der Waals surface area contributed by atoms with Gasteiger partial charge >= 0.3 is 6.18 Å². The maximum atomic E-state index is 13.7. The van der Waals surface area contributed by atoms with Crippen molar-refractivity contribution in [2.24, 2.45) is 0 Å². The Hall–Kier alpha value is -1.66. The molecule has 7 heteroatoms. The number of hydrogen-bond acceptors (Lipinski definition) is 2. The number of pyridine rings is 1. The third-order valence-corrected chi connectivity index (χ3v) is 2.94. The molecule has 1 heterocycles. The molecule has 0 fully saturated rings. The van der Waals surface area contributed by atoms with Crippen molar-refractivity contribution >= 4 is 11.6 Å². The van der Waals surface area contributed by atoms with Gasteiger partial charge in [-0.05, 0) is 18.2 Å². The van der Waals surface area contributed by atoms with Crippen molar-refractivity contribution in [3.63, 3.8) is 0 Å². The van der Waals surface area contributed by atoms with Gasteiger partial charge in [0.2, 0.25) is 0 Å².